The van der Waals surface area contributed by atoms with Crippen molar-refractivity contribution in [3.8, 4) is 0 Å². The fraction of sp³-hybridized carbons (Fsp3) is 0.872. The van der Waals surface area contributed by atoms with Gasteiger partial charge < -0.3 is 40.3 Å². The van der Waals surface area contributed by atoms with Crippen molar-refractivity contribution >= 4 is 5.91 Å². The number of aliphatic hydroxyl groups is 5. The van der Waals surface area contributed by atoms with E-state index in [1.807, 2.05) is 6.08 Å². The number of aliphatic hydroxyl groups excluding tert-OH is 5. The van der Waals surface area contributed by atoms with Crippen LogP contribution in [0.15, 0.2) is 24.3 Å². The van der Waals surface area contributed by atoms with Crippen LogP contribution in [0.5, 0.6) is 0 Å². The zero-order chi connectivity index (χ0) is 35.2. The quantitative estimate of drug-likeness (QED) is 0.0346. The van der Waals surface area contributed by atoms with Crippen LogP contribution in [0.1, 0.15) is 162 Å². The van der Waals surface area contributed by atoms with E-state index >= 15 is 0 Å². The van der Waals surface area contributed by atoms with Crippen LogP contribution in [0.3, 0.4) is 0 Å². The largest absolute Gasteiger partial charge is 0.394 e. The molecule has 1 heterocycles. The van der Waals surface area contributed by atoms with E-state index in [-0.39, 0.29) is 12.5 Å². The minimum absolute atomic E-state index is 0.189. The molecule has 9 heteroatoms. The first kappa shape index (κ1) is 44.7. The van der Waals surface area contributed by atoms with Crippen molar-refractivity contribution < 1.29 is 39.8 Å². The second-order valence-corrected chi connectivity index (χ2v) is 13.7. The molecule has 2 unspecified atom stereocenters. The van der Waals surface area contributed by atoms with Gasteiger partial charge in [0.25, 0.3) is 0 Å². The van der Waals surface area contributed by atoms with Gasteiger partial charge in [-0.05, 0) is 44.9 Å². The van der Waals surface area contributed by atoms with Gasteiger partial charge in [0.05, 0.1) is 25.4 Å². The first-order valence-electron chi connectivity index (χ1n) is 19.6. The van der Waals surface area contributed by atoms with Gasteiger partial charge in [0.2, 0.25) is 5.91 Å². The smallest absolute Gasteiger partial charge is 0.220 e. The number of nitrogens with one attached hydrogen (secondary N) is 1. The molecular formula is C39H73NO8. The number of allylic oxidation sites excluding steroid dienone is 3. The topological polar surface area (TPSA) is 149 Å². The number of unbranched alkanes of at least 4 members (excludes halogenated alkanes) is 19. The van der Waals surface area contributed by atoms with Gasteiger partial charge in [-0.25, -0.2) is 0 Å². The number of rotatable bonds is 31. The standard InChI is InChI=1S/C39H73NO8/c1-3-5-7-9-11-13-15-17-19-21-23-25-27-29-35(43)40-32(31-47-39-38(46)37(45)36(44)34(30-41)48-39)33(42)28-26-24-22-20-18-16-14-12-10-8-6-4-2/h13,15,26,28,32-34,36-39,41-42,44-46H,3-12,14,16-25,27,29-31H2,1-2H3,(H,40,43)/b15-13+,28-26+/t32-,33+,34-,36-,37?,38?,39-/m0/s1. The average molecular weight is 684 g/mol. The predicted octanol–water partition coefficient (Wildman–Crippen LogP) is 6.77. The lowest BCUT2D eigenvalue weighted by Gasteiger charge is -2.40. The highest BCUT2D eigenvalue weighted by molar-refractivity contribution is 5.76. The Morgan fingerprint density at radius 2 is 1.17 bits per heavy atom. The summed E-state index contributed by atoms with van der Waals surface area (Å²) >= 11 is 0. The van der Waals surface area contributed by atoms with Crippen molar-refractivity contribution in [2.45, 2.75) is 204 Å². The van der Waals surface area contributed by atoms with E-state index in [4.69, 9.17) is 9.47 Å². The molecule has 0 aromatic heterocycles. The summed E-state index contributed by atoms with van der Waals surface area (Å²) in [7, 11) is 0. The molecular weight excluding hydrogens is 610 g/mol. The van der Waals surface area contributed by atoms with Gasteiger partial charge in [-0.3, -0.25) is 4.79 Å². The summed E-state index contributed by atoms with van der Waals surface area (Å²) in [4.78, 5) is 12.8. The minimum Gasteiger partial charge on any atom is -0.394 e. The van der Waals surface area contributed by atoms with Crippen LogP contribution in [0.25, 0.3) is 0 Å². The van der Waals surface area contributed by atoms with Crippen LogP contribution in [-0.4, -0.2) is 87.5 Å². The number of hydrogen-bond donors (Lipinski definition) is 6. The van der Waals surface area contributed by atoms with E-state index < -0.39 is 49.5 Å². The molecule has 0 aromatic rings. The fourth-order valence-corrected chi connectivity index (χ4v) is 6.03. The molecule has 1 rings (SSSR count). The lowest BCUT2D eigenvalue weighted by molar-refractivity contribution is -0.302. The van der Waals surface area contributed by atoms with E-state index in [2.05, 4.69) is 31.3 Å². The highest BCUT2D eigenvalue weighted by Gasteiger charge is 2.44. The minimum atomic E-state index is -1.56. The maximum Gasteiger partial charge on any atom is 0.220 e. The molecule has 6 N–H and O–H groups in total. The van der Waals surface area contributed by atoms with E-state index in [1.54, 1.807) is 6.08 Å². The van der Waals surface area contributed by atoms with E-state index in [9.17, 15) is 30.3 Å². The van der Waals surface area contributed by atoms with Crippen molar-refractivity contribution in [2.24, 2.45) is 0 Å². The van der Waals surface area contributed by atoms with Crippen LogP contribution < -0.4 is 5.32 Å². The third-order valence-electron chi connectivity index (χ3n) is 9.27. The van der Waals surface area contributed by atoms with Gasteiger partial charge >= 0.3 is 0 Å². The Balaban J connectivity index is 2.47. The van der Waals surface area contributed by atoms with Crippen LogP contribution in [0.2, 0.25) is 0 Å². The summed E-state index contributed by atoms with van der Waals surface area (Å²) < 4.78 is 11.1. The summed E-state index contributed by atoms with van der Waals surface area (Å²) in [6, 6.07) is -0.803. The molecule has 0 aromatic carbocycles. The van der Waals surface area contributed by atoms with Gasteiger partial charge in [-0.15, -0.1) is 0 Å². The van der Waals surface area contributed by atoms with E-state index in [0.29, 0.717) is 6.42 Å². The normalized spacial score (nSPS) is 22.9. The molecule has 1 fully saturated rings. The Labute approximate surface area is 292 Å². The van der Waals surface area contributed by atoms with Crippen LogP contribution in [0, 0.1) is 0 Å². The molecule has 7 atom stereocenters. The zero-order valence-corrected chi connectivity index (χ0v) is 30.5. The highest BCUT2D eigenvalue weighted by Crippen LogP contribution is 2.22. The van der Waals surface area contributed by atoms with E-state index in [1.165, 1.54) is 83.5 Å². The van der Waals surface area contributed by atoms with Gasteiger partial charge in [0.15, 0.2) is 6.29 Å². The number of hydrogen-bond acceptors (Lipinski definition) is 8. The lowest BCUT2D eigenvalue weighted by Crippen LogP contribution is -2.60. The van der Waals surface area contributed by atoms with Crippen molar-refractivity contribution in [1.29, 1.82) is 0 Å². The Kier molecular flexibility index (Phi) is 28.4. The van der Waals surface area contributed by atoms with Crippen molar-refractivity contribution in [3.63, 3.8) is 0 Å². The molecule has 1 saturated heterocycles. The predicted molar refractivity (Wildman–Crippen MR) is 193 cm³/mol. The van der Waals surface area contributed by atoms with E-state index in [0.717, 1.165) is 57.8 Å². The summed E-state index contributed by atoms with van der Waals surface area (Å²) in [6.07, 6.45) is 26.4. The number of amides is 1. The van der Waals surface area contributed by atoms with Gasteiger partial charge in [-0.1, -0.05) is 134 Å². The van der Waals surface area contributed by atoms with Crippen LogP contribution in [0.4, 0.5) is 0 Å². The third-order valence-corrected chi connectivity index (χ3v) is 9.27. The molecule has 0 radical (unpaired) electrons. The van der Waals surface area contributed by atoms with Gasteiger partial charge in [0, 0.05) is 6.42 Å². The van der Waals surface area contributed by atoms with Crippen molar-refractivity contribution in [3.05, 3.63) is 24.3 Å². The summed E-state index contributed by atoms with van der Waals surface area (Å²) in [5, 5.41) is 53.9. The third kappa shape index (κ3) is 21.7. The molecule has 9 nitrogen and oxygen atoms in total. The number of ether oxygens (including phenoxy) is 2. The summed E-state index contributed by atoms with van der Waals surface area (Å²) in [6.45, 7) is 3.71. The van der Waals surface area contributed by atoms with Crippen molar-refractivity contribution in [2.75, 3.05) is 13.2 Å². The Bertz CT molecular complexity index is 807. The van der Waals surface area contributed by atoms with Crippen molar-refractivity contribution in [1.82, 2.24) is 5.32 Å². The maximum atomic E-state index is 12.8. The zero-order valence-electron chi connectivity index (χ0n) is 30.5. The number of carbonyl (C=O) groups excluding carboxylic acids is 1. The first-order valence-corrected chi connectivity index (χ1v) is 19.6. The Morgan fingerprint density at radius 3 is 1.71 bits per heavy atom. The molecule has 0 bridgehead atoms. The summed E-state index contributed by atoms with van der Waals surface area (Å²) in [5.41, 5.74) is 0. The molecule has 1 aliphatic heterocycles. The molecule has 0 spiro atoms. The number of carbonyl (C=O) groups is 1. The second kappa shape index (κ2) is 30.5. The monoisotopic (exact) mass is 684 g/mol. The Hall–Kier alpha value is -1.33. The molecule has 1 aliphatic rings. The lowest BCUT2D eigenvalue weighted by atomic mass is 9.99. The average Bonchev–Trinajstić information content (AvgIpc) is 3.08. The molecule has 0 aliphatic carbocycles. The highest BCUT2D eigenvalue weighted by atomic mass is 16.7. The molecule has 282 valence electrons. The fourth-order valence-electron chi connectivity index (χ4n) is 6.03. The van der Waals surface area contributed by atoms with Gasteiger partial charge in [0.1, 0.15) is 24.4 Å². The van der Waals surface area contributed by atoms with Crippen LogP contribution >= 0.6 is 0 Å². The summed E-state index contributed by atoms with van der Waals surface area (Å²) in [5.74, 6) is -0.189. The molecule has 48 heavy (non-hydrogen) atoms. The van der Waals surface area contributed by atoms with Gasteiger partial charge in [-0.2, -0.15) is 0 Å². The maximum absolute atomic E-state index is 12.8. The molecule has 0 saturated carbocycles. The van der Waals surface area contributed by atoms with Crippen LogP contribution in [-0.2, 0) is 14.3 Å². The second-order valence-electron chi connectivity index (χ2n) is 13.7. The molecule has 1 amide bonds. The SMILES string of the molecule is CCCCCC/C=C/CCCCCCCC(=O)N[C@@H](CO[C@H]1O[C@@H](CO)[C@H](O)C(O)C1O)[C@H](O)/C=C/CCCCCCCCCCCC. The Morgan fingerprint density at radius 1 is 0.688 bits per heavy atom. The first-order chi connectivity index (χ1) is 23.3.